The summed E-state index contributed by atoms with van der Waals surface area (Å²) >= 11 is 0. The van der Waals surface area contributed by atoms with Gasteiger partial charge in [-0.1, -0.05) is 0 Å². The molecule has 1 N–H and O–H groups in total. The van der Waals surface area contributed by atoms with Crippen molar-refractivity contribution >= 4 is 5.91 Å². The Morgan fingerprint density at radius 3 is 2.68 bits per heavy atom. The summed E-state index contributed by atoms with van der Waals surface area (Å²) in [7, 11) is 0. The second kappa shape index (κ2) is 8.12. The molecule has 1 fully saturated rings. The monoisotopic (exact) mass is 400 g/mol. The third-order valence-electron chi connectivity index (χ3n) is 4.37. The zero-order valence-corrected chi connectivity index (χ0v) is 14.6. The number of carbonyl (C=O) groups excluding carboxylic acids is 1. The van der Waals surface area contributed by atoms with Crippen molar-refractivity contribution in [2.45, 2.75) is 24.9 Å². The van der Waals surface area contributed by atoms with Gasteiger partial charge in [0.05, 0.1) is 6.20 Å². The Morgan fingerprint density at radius 2 is 2.00 bits per heavy atom. The fourth-order valence-electron chi connectivity index (χ4n) is 2.88. The van der Waals surface area contributed by atoms with Gasteiger partial charge in [-0.15, -0.1) is 0 Å². The summed E-state index contributed by atoms with van der Waals surface area (Å²) in [6, 6.07) is 6.08. The number of benzene rings is 1. The highest BCUT2D eigenvalue weighted by molar-refractivity contribution is 5.82. The fraction of sp³-hybridized carbons (Fsp3) is 0.368. The average Bonchev–Trinajstić information content (AvgIpc) is 3.43. The summed E-state index contributed by atoms with van der Waals surface area (Å²) in [6.07, 6.45) is -2.41. The molecular weight excluding hydrogens is 383 g/mol. The molecule has 9 heteroatoms. The molecule has 0 radical (unpaired) electrons. The molecule has 1 heterocycles. The number of ether oxygens (including phenoxy) is 1. The van der Waals surface area contributed by atoms with Crippen molar-refractivity contribution in [2.75, 3.05) is 13.2 Å². The lowest BCUT2D eigenvalue weighted by molar-refractivity contribution is -0.153. The maximum Gasteiger partial charge on any atom is 0.422 e. The number of nitrogens with one attached hydrogen (secondary N) is 1. The Balaban J connectivity index is 1.43. The third-order valence-corrected chi connectivity index (χ3v) is 4.37. The molecule has 0 saturated heterocycles. The van der Waals surface area contributed by atoms with Gasteiger partial charge in [0.25, 0.3) is 0 Å². The first-order valence-electron chi connectivity index (χ1n) is 8.60. The first-order valence-corrected chi connectivity index (χ1v) is 8.60. The van der Waals surface area contributed by atoms with Crippen LogP contribution in [-0.4, -0.2) is 30.2 Å². The molecule has 0 aliphatic heterocycles. The standard InChI is InChI=1S/C19H17F5N2O2/c20-11-1-4-17(21)15(7-11)14-8-16(14)18(27)25-6-5-12-2-3-13(9-26-12)28-10-19(22,23)24/h1-4,7,9,14,16H,5-6,8,10H2,(H,25,27). The fourth-order valence-corrected chi connectivity index (χ4v) is 2.88. The van der Waals surface area contributed by atoms with Crippen LogP contribution >= 0.6 is 0 Å². The number of carbonyl (C=O) groups is 1. The minimum Gasteiger partial charge on any atom is -0.483 e. The summed E-state index contributed by atoms with van der Waals surface area (Å²) in [4.78, 5) is 16.1. The number of rotatable bonds is 7. The van der Waals surface area contributed by atoms with Crippen LogP contribution < -0.4 is 10.1 Å². The van der Waals surface area contributed by atoms with Crippen LogP contribution in [0.15, 0.2) is 36.5 Å². The molecule has 1 aromatic carbocycles. The van der Waals surface area contributed by atoms with Gasteiger partial charge in [0.15, 0.2) is 6.61 Å². The molecule has 1 saturated carbocycles. The van der Waals surface area contributed by atoms with Crippen molar-refractivity contribution in [3.05, 3.63) is 59.4 Å². The second-order valence-electron chi connectivity index (χ2n) is 6.54. The number of alkyl halides is 3. The van der Waals surface area contributed by atoms with E-state index in [2.05, 4.69) is 15.0 Å². The van der Waals surface area contributed by atoms with Gasteiger partial charge in [-0.2, -0.15) is 13.2 Å². The molecule has 1 aliphatic rings. The smallest absolute Gasteiger partial charge is 0.422 e. The van der Waals surface area contributed by atoms with E-state index in [4.69, 9.17) is 0 Å². The minimum atomic E-state index is -4.42. The van der Waals surface area contributed by atoms with E-state index in [9.17, 15) is 26.7 Å². The number of halogens is 5. The predicted octanol–water partition coefficient (Wildman–Crippen LogP) is 3.76. The third kappa shape index (κ3) is 5.40. The summed E-state index contributed by atoms with van der Waals surface area (Å²) in [5, 5.41) is 2.71. The number of aromatic nitrogens is 1. The average molecular weight is 400 g/mol. The summed E-state index contributed by atoms with van der Waals surface area (Å²) in [5.74, 6) is -2.06. The first-order chi connectivity index (χ1) is 13.2. The quantitative estimate of drug-likeness (QED) is 0.720. The van der Waals surface area contributed by atoms with Crippen molar-refractivity contribution in [1.29, 1.82) is 0 Å². The molecule has 2 unspecified atom stereocenters. The highest BCUT2D eigenvalue weighted by Crippen LogP contribution is 2.48. The molecule has 0 bridgehead atoms. The Hall–Kier alpha value is -2.71. The molecule has 1 amide bonds. The number of hydrogen-bond donors (Lipinski definition) is 1. The van der Waals surface area contributed by atoms with Gasteiger partial charge < -0.3 is 10.1 Å². The first kappa shape index (κ1) is 20.0. The van der Waals surface area contributed by atoms with Crippen molar-refractivity contribution in [2.24, 2.45) is 5.92 Å². The van der Waals surface area contributed by atoms with Crippen molar-refractivity contribution in [3.63, 3.8) is 0 Å². The topological polar surface area (TPSA) is 51.2 Å². The molecule has 3 rings (SSSR count). The molecule has 0 spiro atoms. The van der Waals surface area contributed by atoms with Crippen LogP contribution in [0.4, 0.5) is 22.0 Å². The number of pyridine rings is 1. The molecular formula is C19H17F5N2O2. The molecule has 150 valence electrons. The van der Waals surface area contributed by atoms with Crippen LogP contribution in [-0.2, 0) is 11.2 Å². The van der Waals surface area contributed by atoms with Crippen LogP contribution in [0.3, 0.4) is 0 Å². The minimum absolute atomic E-state index is 0.00283. The molecule has 2 atom stereocenters. The maximum atomic E-state index is 13.7. The predicted molar refractivity (Wildman–Crippen MR) is 89.7 cm³/mol. The van der Waals surface area contributed by atoms with Crippen LogP contribution in [0.2, 0.25) is 0 Å². The molecule has 4 nitrogen and oxygen atoms in total. The molecule has 1 aromatic heterocycles. The SMILES string of the molecule is O=C(NCCc1ccc(OCC(F)(F)F)cn1)C1CC1c1cc(F)ccc1F. The van der Waals surface area contributed by atoms with Gasteiger partial charge in [0.2, 0.25) is 5.91 Å². The van der Waals surface area contributed by atoms with E-state index in [1.165, 1.54) is 18.3 Å². The van der Waals surface area contributed by atoms with Crippen molar-refractivity contribution in [1.82, 2.24) is 10.3 Å². The Kier molecular flexibility index (Phi) is 5.81. The van der Waals surface area contributed by atoms with Gasteiger partial charge in [-0.05, 0) is 48.2 Å². The van der Waals surface area contributed by atoms with Crippen LogP contribution in [0, 0.1) is 17.6 Å². The zero-order valence-electron chi connectivity index (χ0n) is 14.6. The highest BCUT2D eigenvalue weighted by Gasteiger charge is 2.45. The Morgan fingerprint density at radius 1 is 1.21 bits per heavy atom. The van der Waals surface area contributed by atoms with Crippen LogP contribution in [0.5, 0.6) is 5.75 Å². The summed E-state index contributed by atoms with van der Waals surface area (Å²) in [5.41, 5.74) is 0.777. The largest absolute Gasteiger partial charge is 0.483 e. The number of nitrogens with zero attached hydrogens (tertiary/aromatic N) is 1. The van der Waals surface area contributed by atoms with Gasteiger partial charge in [-0.3, -0.25) is 9.78 Å². The van der Waals surface area contributed by atoms with Gasteiger partial charge in [-0.25, -0.2) is 8.78 Å². The van der Waals surface area contributed by atoms with E-state index in [1.807, 2.05) is 0 Å². The van der Waals surface area contributed by atoms with Crippen LogP contribution in [0.1, 0.15) is 23.6 Å². The van der Waals surface area contributed by atoms with E-state index in [0.29, 0.717) is 18.5 Å². The second-order valence-corrected chi connectivity index (χ2v) is 6.54. The van der Waals surface area contributed by atoms with Crippen molar-refractivity contribution < 1.29 is 31.5 Å². The van der Waals surface area contributed by atoms with E-state index in [1.54, 1.807) is 0 Å². The van der Waals surface area contributed by atoms with E-state index in [0.717, 1.165) is 18.2 Å². The normalized spacial score (nSPS) is 18.6. The lowest BCUT2D eigenvalue weighted by Crippen LogP contribution is -2.27. The summed E-state index contributed by atoms with van der Waals surface area (Å²) < 4.78 is 67.8. The lowest BCUT2D eigenvalue weighted by Gasteiger charge is -2.09. The van der Waals surface area contributed by atoms with E-state index >= 15 is 0 Å². The summed E-state index contributed by atoms with van der Waals surface area (Å²) in [6.45, 7) is -1.12. The molecule has 2 aromatic rings. The van der Waals surface area contributed by atoms with Gasteiger partial charge in [0, 0.05) is 24.6 Å². The van der Waals surface area contributed by atoms with E-state index < -0.39 is 30.3 Å². The highest BCUT2D eigenvalue weighted by atomic mass is 19.4. The Labute approximate surface area is 157 Å². The molecule has 1 aliphatic carbocycles. The van der Waals surface area contributed by atoms with E-state index in [-0.39, 0.29) is 29.7 Å². The Bertz CT molecular complexity index is 839. The number of hydrogen-bond acceptors (Lipinski definition) is 3. The van der Waals surface area contributed by atoms with Gasteiger partial charge >= 0.3 is 6.18 Å². The number of amides is 1. The lowest BCUT2D eigenvalue weighted by atomic mass is 10.1. The molecule has 28 heavy (non-hydrogen) atoms. The zero-order chi connectivity index (χ0) is 20.3. The van der Waals surface area contributed by atoms with Crippen molar-refractivity contribution in [3.8, 4) is 5.75 Å². The van der Waals surface area contributed by atoms with Gasteiger partial charge in [0.1, 0.15) is 17.4 Å². The maximum absolute atomic E-state index is 13.7. The van der Waals surface area contributed by atoms with Crippen LogP contribution in [0.25, 0.3) is 0 Å².